The van der Waals surface area contributed by atoms with Crippen LogP contribution in [-0.2, 0) is 16.1 Å². The molecule has 1 aromatic heterocycles. The van der Waals surface area contributed by atoms with Crippen molar-refractivity contribution >= 4 is 22.9 Å². The Morgan fingerprint density at radius 1 is 1.08 bits per heavy atom. The molecular weight excluding hydrogens is 300 g/mol. The first-order valence-corrected chi connectivity index (χ1v) is 7.45. The second-order valence-electron chi connectivity index (χ2n) is 5.14. The lowest BCUT2D eigenvalue weighted by molar-refractivity contribution is -0.138. The van der Waals surface area contributed by atoms with Crippen LogP contribution in [0.25, 0.3) is 17.0 Å². The molecule has 0 unspecified atom stereocenters. The van der Waals surface area contributed by atoms with Gasteiger partial charge in [-0.2, -0.15) is 5.26 Å². The van der Waals surface area contributed by atoms with Gasteiger partial charge in [0.05, 0.1) is 22.8 Å². The fourth-order valence-corrected chi connectivity index (χ4v) is 2.28. The van der Waals surface area contributed by atoms with Crippen LogP contribution in [-0.4, -0.2) is 11.0 Å². The van der Waals surface area contributed by atoms with Crippen LogP contribution in [0, 0.1) is 11.3 Å². The summed E-state index contributed by atoms with van der Waals surface area (Å²) in [4.78, 5) is 16.3. The highest BCUT2D eigenvalue weighted by atomic mass is 16.5. The molecule has 0 N–H and O–H groups in total. The van der Waals surface area contributed by atoms with Gasteiger partial charge in [-0.3, -0.25) is 0 Å². The van der Waals surface area contributed by atoms with Crippen molar-refractivity contribution in [1.82, 2.24) is 4.98 Å². The molecule has 3 rings (SSSR count). The highest BCUT2D eigenvalue weighted by Gasteiger charge is 2.04. The largest absolute Gasteiger partial charge is 0.458 e. The number of hydrogen-bond acceptors (Lipinski definition) is 4. The Morgan fingerprint density at radius 3 is 2.75 bits per heavy atom. The highest BCUT2D eigenvalue weighted by Crippen LogP contribution is 2.13. The van der Waals surface area contributed by atoms with Gasteiger partial charge >= 0.3 is 5.97 Å². The van der Waals surface area contributed by atoms with Gasteiger partial charge in [-0.05, 0) is 24.3 Å². The lowest BCUT2D eigenvalue weighted by atomic mass is 10.1. The van der Waals surface area contributed by atoms with Crippen molar-refractivity contribution in [3.8, 4) is 6.07 Å². The first-order valence-electron chi connectivity index (χ1n) is 7.45. The van der Waals surface area contributed by atoms with Gasteiger partial charge in [0, 0.05) is 17.0 Å². The van der Waals surface area contributed by atoms with E-state index in [1.165, 1.54) is 6.08 Å². The van der Waals surface area contributed by atoms with Gasteiger partial charge in [0.15, 0.2) is 0 Å². The SMILES string of the molecule is N#Cc1ccccc1COC(=O)C=Cc1ccc2ccccc2n1. The number of carbonyl (C=O) groups is 1. The molecule has 0 bridgehead atoms. The average Bonchev–Trinajstić information content (AvgIpc) is 2.64. The molecule has 4 nitrogen and oxygen atoms in total. The first kappa shape index (κ1) is 15.4. The molecule has 116 valence electrons. The first-order chi connectivity index (χ1) is 11.8. The van der Waals surface area contributed by atoms with Crippen LogP contribution >= 0.6 is 0 Å². The van der Waals surface area contributed by atoms with Crippen LogP contribution in [0.15, 0.2) is 66.7 Å². The smallest absolute Gasteiger partial charge is 0.331 e. The number of nitriles is 1. The Balaban J connectivity index is 1.65. The molecule has 0 spiro atoms. The molecule has 3 aromatic rings. The van der Waals surface area contributed by atoms with Crippen LogP contribution in [0.2, 0.25) is 0 Å². The molecule has 4 heteroatoms. The van der Waals surface area contributed by atoms with E-state index in [2.05, 4.69) is 11.1 Å². The predicted molar refractivity (Wildman–Crippen MR) is 91.7 cm³/mol. The van der Waals surface area contributed by atoms with Crippen LogP contribution in [0.4, 0.5) is 0 Å². The van der Waals surface area contributed by atoms with Crippen LogP contribution < -0.4 is 0 Å². The zero-order valence-electron chi connectivity index (χ0n) is 12.8. The van der Waals surface area contributed by atoms with Crippen molar-refractivity contribution in [3.63, 3.8) is 0 Å². The summed E-state index contributed by atoms with van der Waals surface area (Å²) < 4.78 is 5.18. The molecule has 0 fully saturated rings. The number of para-hydroxylation sites is 1. The summed E-state index contributed by atoms with van der Waals surface area (Å²) in [6.07, 6.45) is 2.96. The summed E-state index contributed by atoms with van der Waals surface area (Å²) in [7, 11) is 0. The molecule has 1 heterocycles. The van der Waals surface area contributed by atoms with E-state index in [4.69, 9.17) is 10.00 Å². The second-order valence-corrected chi connectivity index (χ2v) is 5.14. The summed E-state index contributed by atoms with van der Waals surface area (Å²) in [5.74, 6) is -0.474. The molecular formula is C20H14N2O2. The Bertz CT molecular complexity index is 955. The van der Waals surface area contributed by atoms with E-state index >= 15 is 0 Å². The van der Waals surface area contributed by atoms with E-state index in [9.17, 15) is 4.79 Å². The monoisotopic (exact) mass is 314 g/mol. The zero-order valence-corrected chi connectivity index (χ0v) is 12.8. The number of nitrogens with zero attached hydrogens (tertiary/aromatic N) is 2. The number of rotatable bonds is 4. The van der Waals surface area contributed by atoms with Crippen molar-refractivity contribution in [2.24, 2.45) is 0 Å². The van der Waals surface area contributed by atoms with E-state index in [-0.39, 0.29) is 6.61 Å². The summed E-state index contributed by atoms with van der Waals surface area (Å²) in [6.45, 7) is 0.0675. The Morgan fingerprint density at radius 2 is 1.88 bits per heavy atom. The van der Waals surface area contributed by atoms with Gasteiger partial charge in [-0.1, -0.05) is 42.5 Å². The second kappa shape index (κ2) is 7.21. The van der Waals surface area contributed by atoms with Crippen LogP contribution in [0.3, 0.4) is 0 Å². The summed E-state index contributed by atoms with van der Waals surface area (Å²) in [5.41, 5.74) is 2.75. The number of pyridine rings is 1. The molecule has 24 heavy (non-hydrogen) atoms. The van der Waals surface area contributed by atoms with Crippen LogP contribution in [0.1, 0.15) is 16.8 Å². The maximum Gasteiger partial charge on any atom is 0.331 e. The molecule has 0 aliphatic heterocycles. The number of hydrogen-bond donors (Lipinski definition) is 0. The Kier molecular flexibility index (Phi) is 4.64. The Labute approximate surface area is 139 Å². The van der Waals surface area contributed by atoms with Gasteiger partial charge in [-0.15, -0.1) is 0 Å². The zero-order chi connectivity index (χ0) is 16.8. The summed E-state index contributed by atoms with van der Waals surface area (Å²) in [5, 5.41) is 10.1. The predicted octanol–water partition coefficient (Wildman–Crippen LogP) is 3.86. The van der Waals surface area contributed by atoms with E-state index in [1.54, 1.807) is 30.3 Å². The Hall–Kier alpha value is -3.45. The fraction of sp³-hybridized carbons (Fsp3) is 0.0500. The number of aromatic nitrogens is 1. The molecule has 0 amide bonds. The minimum atomic E-state index is -0.474. The van der Waals surface area contributed by atoms with Gasteiger partial charge in [0.2, 0.25) is 0 Å². The topological polar surface area (TPSA) is 63.0 Å². The number of carbonyl (C=O) groups excluding carboxylic acids is 1. The van der Waals surface area contributed by atoms with Gasteiger partial charge in [0.25, 0.3) is 0 Å². The van der Waals surface area contributed by atoms with Gasteiger partial charge < -0.3 is 4.74 Å². The normalized spacial score (nSPS) is 10.6. The van der Waals surface area contributed by atoms with Crippen molar-refractivity contribution in [1.29, 1.82) is 5.26 Å². The van der Waals surface area contributed by atoms with Crippen molar-refractivity contribution in [2.75, 3.05) is 0 Å². The third-order valence-corrected chi connectivity index (χ3v) is 3.52. The third-order valence-electron chi connectivity index (χ3n) is 3.52. The maximum absolute atomic E-state index is 11.8. The van der Waals surface area contributed by atoms with Crippen molar-refractivity contribution < 1.29 is 9.53 Å². The molecule has 2 aromatic carbocycles. The minimum absolute atomic E-state index is 0.0675. The lowest BCUT2D eigenvalue weighted by Gasteiger charge is -2.04. The maximum atomic E-state index is 11.8. The van der Waals surface area contributed by atoms with E-state index in [0.29, 0.717) is 16.8 Å². The van der Waals surface area contributed by atoms with E-state index in [1.807, 2.05) is 36.4 Å². The third kappa shape index (κ3) is 3.65. The lowest BCUT2D eigenvalue weighted by Crippen LogP contribution is -2.02. The quantitative estimate of drug-likeness (QED) is 0.542. The van der Waals surface area contributed by atoms with E-state index < -0.39 is 5.97 Å². The molecule has 0 radical (unpaired) electrons. The number of esters is 1. The average molecular weight is 314 g/mol. The van der Waals surface area contributed by atoms with E-state index in [0.717, 1.165) is 10.9 Å². The minimum Gasteiger partial charge on any atom is -0.458 e. The van der Waals surface area contributed by atoms with Gasteiger partial charge in [0.1, 0.15) is 6.61 Å². The molecule has 0 atom stereocenters. The number of ether oxygens (including phenoxy) is 1. The van der Waals surface area contributed by atoms with Crippen molar-refractivity contribution in [2.45, 2.75) is 6.61 Å². The number of fused-ring (bicyclic) bond motifs is 1. The molecule has 0 aliphatic rings. The molecule has 0 aliphatic carbocycles. The molecule has 0 saturated carbocycles. The molecule has 0 saturated heterocycles. The fourth-order valence-electron chi connectivity index (χ4n) is 2.28. The van der Waals surface area contributed by atoms with Gasteiger partial charge in [-0.25, -0.2) is 9.78 Å². The standard InChI is InChI=1S/C20H14N2O2/c21-13-16-6-1-2-7-17(16)14-24-20(23)12-11-18-10-9-15-5-3-4-8-19(15)22-18/h1-12H,14H2. The summed E-state index contributed by atoms with van der Waals surface area (Å²) in [6, 6.07) is 20.7. The van der Waals surface area contributed by atoms with Crippen LogP contribution in [0.5, 0.6) is 0 Å². The highest BCUT2D eigenvalue weighted by molar-refractivity contribution is 5.87. The number of benzene rings is 2. The van der Waals surface area contributed by atoms with Crippen molar-refractivity contribution in [3.05, 3.63) is 83.6 Å². The summed E-state index contributed by atoms with van der Waals surface area (Å²) >= 11 is 0.